The average Bonchev–Trinajstić information content (AvgIpc) is 2.76. The predicted molar refractivity (Wildman–Crippen MR) is 76.5 cm³/mol. The molecule has 1 aliphatic heterocycles. The molecule has 1 fully saturated rings. The van der Waals surface area contributed by atoms with Crippen molar-refractivity contribution < 1.29 is 9.18 Å². The summed E-state index contributed by atoms with van der Waals surface area (Å²) in [7, 11) is 0. The van der Waals surface area contributed by atoms with Crippen LogP contribution in [-0.4, -0.2) is 40.4 Å². The van der Waals surface area contributed by atoms with E-state index in [0.29, 0.717) is 21.6 Å². The smallest absolute Gasteiger partial charge is 0.271 e. The number of H-pyrrole nitrogens is 1. The van der Waals surface area contributed by atoms with Crippen LogP contribution in [0.5, 0.6) is 0 Å². The molecule has 2 heterocycles. The lowest BCUT2D eigenvalue weighted by Crippen LogP contribution is -2.38. The van der Waals surface area contributed by atoms with E-state index in [4.69, 9.17) is 11.6 Å². The third-order valence-corrected chi connectivity index (χ3v) is 4.54. The minimum absolute atomic E-state index is 0.109. The molecule has 1 amide bonds. The summed E-state index contributed by atoms with van der Waals surface area (Å²) in [5.41, 5.74) is 1.04. The Bertz CT molecular complexity index is 637. The summed E-state index contributed by atoms with van der Waals surface area (Å²) in [5, 5.41) is 0.856. The summed E-state index contributed by atoms with van der Waals surface area (Å²) >= 11 is 8.03. The normalized spacial score (nSPS) is 16.0. The molecule has 3 nitrogen and oxygen atoms in total. The molecule has 1 saturated heterocycles. The van der Waals surface area contributed by atoms with E-state index in [1.807, 2.05) is 11.8 Å². The summed E-state index contributed by atoms with van der Waals surface area (Å²) in [5.74, 6) is 1.42. The standard InChI is InChI=1S/C13H12ClFN2OS/c14-11-9-7-8(15)1-2-10(9)16-12(11)13(18)17-3-5-19-6-4-17/h1-2,7,16H,3-6H2. The first-order chi connectivity index (χ1) is 9.16. The number of hydrogen-bond acceptors (Lipinski definition) is 2. The molecule has 1 aromatic carbocycles. The zero-order chi connectivity index (χ0) is 13.4. The van der Waals surface area contributed by atoms with E-state index in [2.05, 4.69) is 4.98 Å². The van der Waals surface area contributed by atoms with Gasteiger partial charge in [-0.3, -0.25) is 4.79 Å². The second-order valence-electron chi connectivity index (χ2n) is 4.41. The fourth-order valence-corrected chi connectivity index (χ4v) is 3.39. The van der Waals surface area contributed by atoms with Crippen molar-refractivity contribution in [1.29, 1.82) is 0 Å². The van der Waals surface area contributed by atoms with E-state index >= 15 is 0 Å². The molecule has 0 aliphatic carbocycles. The maximum Gasteiger partial charge on any atom is 0.271 e. The number of amides is 1. The van der Waals surface area contributed by atoms with Crippen molar-refractivity contribution in [2.75, 3.05) is 24.6 Å². The lowest BCUT2D eigenvalue weighted by Gasteiger charge is -2.26. The summed E-state index contributed by atoms with van der Waals surface area (Å²) < 4.78 is 13.2. The lowest BCUT2D eigenvalue weighted by molar-refractivity contribution is 0.0767. The van der Waals surface area contributed by atoms with Crippen molar-refractivity contribution in [3.8, 4) is 0 Å². The van der Waals surface area contributed by atoms with E-state index in [1.165, 1.54) is 12.1 Å². The van der Waals surface area contributed by atoms with Crippen molar-refractivity contribution in [2.45, 2.75) is 0 Å². The SMILES string of the molecule is O=C(c1[nH]c2ccc(F)cc2c1Cl)N1CCSCC1. The van der Waals surface area contributed by atoms with Gasteiger partial charge in [0, 0.05) is 35.5 Å². The third kappa shape index (κ3) is 2.32. The van der Waals surface area contributed by atoms with Crippen LogP contribution in [0.3, 0.4) is 0 Å². The summed E-state index contributed by atoms with van der Waals surface area (Å²) in [6.45, 7) is 1.45. The molecular formula is C13H12ClFN2OS. The van der Waals surface area contributed by atoms with Crippen LogP contribution in [0, 0.1) is 5.82 Å². The third-order valence-electron chi connectivity index (χ3n) is 3.21. The largest absolute Gasteiger partial charge is 0.349 e. The molecular weight excluding hydrogens is 287 g/mol. The molecule has 0 atom stereocenters. The number of fused-ring (bicyclic) bond motifs is 1. The zero-order valence-electron chi connectivity index (χ0n) is 10.1. The van der Waals surface area contributed by atoms with Crippen molar-refractivity contribution in [1.82, 2.24) is 9.88 Å². The van der Waals surface area contributed by atoms with E-state index in [9.17, 15) is 9.18 Å². The molecule has 1 N–H and O–H groups in total. The van der Waals surface area contributed by atoms with Crippen molar-refractivity contribution in [2.24, 2.45) is 0 Å². The molecule has 19 heavy (non-hydrogen) atoms. The zero-order valence-corrected chi connectivity index (χ0v) is 11.7. The number of halogens is 2. The number of nitrogens with zero attached hydrogens (tertiary/aromatic N) is 1. The fraction of sp³-hybridized carbons (Fsp3) is 0.308. The van der Waals surface area contributed by atoms with Gasteiger partial charge in [-0.15, -0.1) is 0 Å². The Morgan fingerprint density at radius 1 is 1.37 bits per heavy atom. The molecule has 6 heteroatoms. The van der Waals surface area contributed by atoms with Crippen LogP contribution < -0.4 is 0 Å². The van der Waals surface area contributed by atoms with Crippen molar-refractivity contribution in [3.05, 3.63) is 34.7 Å². The minimum Gasteiger partial charge on any atom is -0.349 e. The number of carbonyl (C=O) groups excluding carboxylic acids is 1. The topological polar surface area (TPSA) is 36.1 Å². The monoisotopic (exact) mass is 298 g/mol. The van der Waals surface area contributed by atoms with Crippen LogP contribution in [0.25, 0.3) is 10.9 Å². The van der Waals surface area contributed by atoms with Gasteiger partial charge >= 0.3 is 0 Å². The Morgan fingerprint density at radius 3 is 2.84 bits per heavy atom. The molecule has 3 rings (SSSR count). The van der Waals surface area contributed by atoms with Gasteiger partial charge < -0.3 is 9.88 Å². The van der Waals surface area contributed by atoms with Gasteiger partial charge in [-0.05, 0) is 18.2 Å². The van der Waals surface area contributed by atoms with Crippen molar-refractivity contribution in [3.63, 3.8) is 0 Å². The molecule has 1 aliphatic rings. The summed E-state index contributed by atoms with van der Waals surface area (Å²) in [4.78, 5) is 17.2. The van der Waals surface area contributed by atoms with Gasteiger partial charge in [0.05, 0.1) is 5.02 Å². The summed E-state index contributed by atoms with van der Waals surface area (Å²) in [6, 6.07) is 4.29. The molecule has 100 valence electrons. The number of thioether (sulfide) groups is 1. The van der Waals surface area contributed by atoms with Crippen LogP contribution in [0.4, 0.5) is 4.39 Å². The number of hydrogen-bond donors (Lipinski definition) is 1. The molecule has 1 aromatic heterocycles. The summed E-state index contributed by atoms with van der Waals surface area (Å²) in [6.07, 6.45) is 0. The Kier molecular flexibility index (Phi) is 3.41. The average molecular weight is 299 g/mol. The second-order valence-corrected chi connectivity index (χ2v) is 6.01. The Hall–Kier alpha value is -1.20. The van der Waals surface area contributed by atoms with E-state index < -0.39 is 0 Å². The highest BCUT2D eigenvalue weighted by Crippen LogP contribution is 2.29. The van der Waals surface area contributed by atoms with Crippen molar-refractivity contribution >= 4 is 40.2 Å². The first-order valence-electron chi connectivity index (χ1n) is 6.00. The van der Waals surface area contributed by atoms with E-state index in [-0.39, 0.29) is 11.7 Å². The number of nitrogens with one attached hydrogen (secondary N) is 1. The molecule has 0 spiro atoms. The van der Waals surface area contributed by atoms with Gasteiger partial charge in [-0.1, -0.05) is 11.6 Å². The van der Waals surface area contributed by atoms with E-state index in [0.717, 1.165) is 24.6 Å². The van der Waals surface area contributed by atoms with Gasteiger partial charge in [0.1, 0.15) is 11.5 Å². The Balaban J connectivity index is 2.00. The predicted octanol–water partition coefficient (Wildman–Crippen LogP) is 3.15. The fourth-order valence-electron chi connectivity index (χ4n) is 2.20. The quantitative estimate of drug-likeness (QED) is 0.878. The number of rotatable bonds is 1. The second kappa shape index (κ2) is 5.06. The highest BCUT2D eigenvalue weighted by atomic mass is 35.5. The van der Waals surface area contributed by atoms with Crippen LogP contribution >= 0.6 is 23.4 Å². The highest BCUT2D eigenvalue weighted by molar-refractivity contribution is 7.99. The van der Waals surface area contributed by atoms with Crippen LogP contribution in [0.2, 0.25) is 5.02 Å². The number of benzene rings is 1. The molecule has 0 bridgehead atoms. The minimum atomic E-state index is -0.359. The molecule has 0 radical (unpaired) electrons. The van der Waals surface area contributed by atoms with Gasteiger partial charge in [-0.25, -0.2) is 4.39 Å². The Labute approximate surface area is 119 Å². The first kappa shape index (κ1) is 12.8. The molecule has 2 aromatic rings. The number of aromatic amines is 1. The van der Waals surface area contributed by atoms with E-state index in [1.54, 1.807) is 11.0 Å². The molecule has 0 saturated carbocycles. The van der Waals surface area contributed by atoms with Gasteiger partial charge in [-0.2, -0.15) is 11.8 Å². The number of carbonyl (C=O) groups is 1. The number of aromatic nitrogens is 1. The maximum absolute atomic E-state index is 13.2. The van der Waals surface area contributed by atoms with Crippen LogP contribution in [0.1, 0.15) is 10.5 Å². The highest BCUT2D eigenvalue weighted by Gasteiger charge is 2.23. The van der Waals surface area contributed by atoms with Gasteiger partial charge in [0.25, 0.3) is 5.91 Å². The lowest BCUT2D eigenvalue weighted by atomic mass is 10.2. The Morgan fingerprint density at radius 2 is 2.11 bits per heavy atom. The maximum atomic E-state index is 13.2. The van der Waals surface area contributed by atoms with Gasteiger partial charge in [0.15, 0.2) is 0 Å². The molecule has 0 unspecified atom stereocenters. The van der Waals surface area contributed by atoms with Crippen LogP contribution in [-0.2, 0) is 0 Å². The first-order valence-corrected chi connectivity index (χ1v) is 7.54. The van der Waals surface area contributed by atoms with Crippen LogP contribution in [0.15, 0.2) is 18.2 Å². The van der Waals surface area contributed by atoms with Gasteiger partial charge in [0.2, 0.25) is 0 Å².